The van der Waals surface area contributed by atoms with E-state index in [9.17, 15) is 22.7 Å². The maximum atomic E-state index is 13.8. The molecule has 9 heteroatoms. The van der Waals surface area contributed by atoms with E-state index in [1.54, 1.807) is 6.07 Å². The average molecular weight is 355 g/mol. The molecule has 25 heavy (non-hydrogen) atoms. The predicted octanol–water partition coefficient (Wildman–Crippen LogP) is 4.56. The molecule has 0 spiro atoms. The van der Waals surface area contributed by atoms with E-state index < -0.39 is 18.4 Å². The number of halogens is 4. The molecule has 0 saturated heterocycles. The maximum Gasteiger partial charge on any atom is 0.390 e. The number of imidazole rings is 1. The maximum absolute atomic E-state index is 13.8. The van der Waals surface area contributed by atoms with Crippen LogP contribution in [0.4, 0.5) is 23.2 Å². The number of aromatic hydroxyl groups is 1. The number of nitrogens with one attached hydrogen (secondary N) is 2. The Kier molecular flexibility index (Phi) is 4.39. The van der Waals surface area contributed by atoms with Crippen LogP contribution in [0.5, 0.6) is 17.2 Å². The Balaban J connectivity index is 1.86. The van der Waals surface area contributed by atoms with Crippen molar-refractivity contribution in [2.75, 3.05) is 11.9 Å². The summed E-state index contributed by atoms with van der Waals surface area (Å²) in [7, 11) is 0. The highest BCUT2D eigenvalue weighted by Gasteiger charge is 2.26. The summed E-state index contributed by atoms with van der Waals surface area (Å²) in [6, 6.07) is 6.39. The first-order valence-corrected chi connectivity index (χ1v) is 7.26. The molecule has 0 atom stereocenters. The molecule has 0 amide bonds. The van der Waals surface area contributed by atoms with Crippen LogP contribution in [0.15, 0.2) is 36.7 Å². The van der Waals surface area contributed by atoms with Crippen LogP contribution >= 0.6 is 0 Å². The van der Waals surface area contributed by atoms with Crippen molar-refractivity contribution < 1.29 is 27.4 Å². The number of benzene rings is 2. The van der Waals surface area contributed by atoms with E-state index in [1.807, 2.05) is 0 Å². The van der Waals surface area contributed by atoms with E-state index in [-0.39, 0.29) is 23.8 Å². The first kappa shape index (κ1) is 16.9. The summed E-state index contributed by atoms with van der Waals surface area (Å²) in [4.78, 5) is 6.88. The SMILES string of the molecule is Oc1ccc(Oc2cc(NCCC(F)(F)F)c3nc[nH]c3c2)c(F)c1. The van der Waals surface area contributed by atoms with Gasteiger partial charge in [-0.2, -0.15) is 13.2 Å². The zero-order valence-corrected chi connectivity index (χ0v) is 12.7. The lowest BCUT2D eigenvalue weighted by atomic mass is 10.2. The Labute approximate surface area is 139 Å². The number of hydrogen-bond donors (Lipinski definition) is 3. The van der Waals surface area contributed by atoms with Gasteiger partial charge in [-0.25, -0.2) is 9.37 Å². The first-order valence-electron chi connectivity index (χ1n) is 7.26. The lowest BCUT2D eigenvalue weighted by Crippen LogP contribution is -2.14. The summed E-state index contributed by atoms with van der Waals surface area (Å²) < 4.78 is 56.1. The summed E-state index contributed by atoms with van der Waals surface area (Å²) >= 11 is 0. The second-order valence-electron chi connectivity index (χ2n) is 5.28. The number of anilines is 1. The van der Waals surface area contributed by atoms with Gasteiger partial charge in [0.2, 0.25) is 0 Å². The Morgan fingerprint density at radius 1 is 1.20 bits per heavy atom. The Hall–Kier alpha value is -2.97. The van der Waals surface area contributed by atoms with Gasteiger partial charge in [-0.05, 0) is 12.1 Å². The van der Waals surface area contributed by atoms with Crippen molar-refractivity contribution in [2.45, 2.75) is 12.6 Å². The van der Waals surface area contributed by atoms with Crippen LogP contribution in [-0.4, -0.2) is 27.8 Å². The van der Waals surface area contributed by atoms with Crippen LogP contribution in [0.25, 0.3) is 11.0 Å². The van der Waals surface area contributed by atoms with Gasteiger partial charge in [0.15, 0.2) is 11.6 Å². The van der Waals surface area contributed by atoms with Gasteiger partial charge in [0.1, 0.15) is 17.0 Å². The molecular weight excluding hydrogens is 342 g/mol. The highest BCUT2D eigenvalue weighted by Crippen LogP contribution is 2.32. The number of alkyl halides is 3. The molecule has 3 N–H and O–H groups in total. The smallest absolute Gasteiger partial charge is 0.390 e. The molecule has 0 bridgehead atoms. The molecule has 5 nitrogen and oxygen atoms in total. The van der Waals surface area contributed by atoms with Gasteiger partial charge in [-0.15, -0.1) is 0 Å². The highest BCUT2D eigenvalue weighted by molar-refractivity contribution is 5.89. The van der Waals surface area contributed by atoms with Crippen molar-refractivity contribution in [3.8, 4) is 17.2 Å². The number of nitrogens with zero attached hydrogens (tertiary/aromatic N) is 1. The van der Waals surface area contributed by atoms with Crippen LogP contribution in [0, 0.1) is 5.82 Å². The van der Waals surface area contributed by atoms with Gasteiger partial charge >= 0.3 is 6.18 Å². The molecule has 0 aliphatic carbocycles. The molecule has 0 unspecified atom stereocenters. The zero-order chi connectivity index (χ0) is 18.0. The fourth-order valence-corrected chi connectivity index (χ4v) is 2.26. The molecule has 0 saturated carbocycles. The van der Waals surface area contributed by atoms with Crippen molar-refractivity contribution in [1.82, 2.24) is 9.97 Å². The molecule has 1 heterocycles. The van der Waals surface area contributed by atoms with E-state index in [0.717, 1.165) is 6.07 Å². The molecule has 3 aromatic rings. The molecule has 132 valence electrons. The third kappa shape index (κ3) is 4.11. The predicted molar refractivity (Wildman–Crippen MR) is 83.4 cm³/mol. The normalized spacial score (nSPS) is 11.7. The summed E-state index contributed by atoms with van der Waals surface area (Å²) in [5, 5.41) is 11.9. The van der Waals surface area contributed by atoms with Crippen LogP contribution < -0.4 is 10.1 Å². The van der Waals surface area contributed by atoms with Gasteiger partial charge in [0.05, 0.1) is 24.0 Å². The van der Waals surface area contributed by atoms with Crippen LogP contribution in [0.2, 0.25) is 0 Å². The molecule has 0 fully saturated rings. The Morgan fingerprint density at radius 3 is 2.72 bits per heavy atom. The van der Waals surface area contributed by atoms with Crippen molar-refractivity contribution in [1.29, 1.82) is 0 Å². The van der Waals surface area contributed by atoms with Gasteiger partial charge < -0.3 is 20.1 Å². The van der Waals surface area contributed by atoms with Crippen molar-refractivity contribution in [3.05, 3.63) is 42.5 Å². The molecule has 2 aromatic carbocycles. The molecular formula is C16H13F4N3O2. The molecule has 1 aromatic heterocycles. The number of H-pyrrole nitrogens is 1. The lowest BCUT2D eigenvalue weighted by Gasteiger charge is -2.12. The minimum Gasteiger partial charge on any atom is -0.508 e. The van der Waals surface area contributed by atoms with Gasteiger partial charge in [-0.1, -0.05) is 0 Å². The Morgan fingerprint density at radius 2 is 2.00 bits per heavy atom. The number of hydrogen-bond acceptors (Lipinski definition) is 4. The van der Waals surface area contributed by atoms with Crippen molar-refractivity contribution >= 4 is 16.7 Å². The fourth-order valence-electron chi connectivity index (χ4n) is 2.26. The topological polar surface area (TPSA) is 70.2 Å². The van der Waals surface area contributed by atoms with Crippen molar-refractivity contribution in [2.24, 2.45) is 0 Å². The molecule has 3 rings (SSSR count). The second-order valence-corrected chi connectivity index (χ2v) is 5.28. The summed E-state index contributed by atoms with van der Waals surface area (Å²) in [5.74, 6) is -0.937. The molecule has 0 radical (unpaired) electrons. The number of aromatic amines is 1. The highest BCUT2D eigenvalue weighted by atomic mass is 19.4. The largest absolute Gasteiger partial charge is 0.508 e. The summed E-state index contributed by atoms with van der Waals surface area (Å²) in [5.41, 5.74) is 1.30. The quantitative estimate of drug-likeness (QED) is 0.587. The van der Waals surface area contributed by atoms with Crippen LogP contribution in [-0.2, 0) is 0 Å². The number of aromatic nitrogens is 2. The second kappa shape index (κ2) is 6.50. The fraction of sp³-hybridized carbons (Fsp3) is 0.188. The molecule has 0 aliphatic rings. The lowest BCUT2D eigenvalue weighted by molar-refractivity contribution is -0.131. The number of phenolic OH excluding ortho intramolecular Hbond substituents is 1. The standard InChI is InChI=1S/C16H13F4N3O2/c17-11-5-9(24)1-2-14(11)25-10-6-12(21-4-3-16(18,19)20)15-13(7-10)22-8-23-15/h1-2,5-8,21,24H,3-4H2,(H,22,23). The third-order valence-electron chi connectivity index (χ3n) is 3.36. The number of phenols is 1. The minimum absolute atomic E-state index is 0.127. The van der Waals surface area contributed by atoms with Gasteiger partial charge in [0.25, 0.3) is 0 Å². The summed E-state index contributed by atoms with van der Waals surface area (Å²) in [6.07, 6.45) is -3.89. The zero-order valence-electron chi connectivity index (χ0n) is 12.7. The van der Waals surface area contributed by atoms with E-state index in [2.05, 4.69) is 15.3 Å². The third-order valence-corrected chi connectivity index (χ3v) is 3.36. The van der Waals surface area contributed by atoms with Crippen molar-refractivity contribution in [3.63, 3.8) is 0 Å². The van der Waals surface area contributed by atoms with Gasteiger partial charge in [-0.3, -0.25) is 0 Å². The number of ether oxygens (including phenoxy) is 1. The van der Waals surface area contributed by atoms with E-state index in [1.165, 1.54) is 24.5 Å². The first-order chi connectivity index (χ1) is 11.8. The monoisotopic (exact) mass is 355 g/mol. The molecule has 0 aliphatic heterocycles. The van der Waals surface area contributed by atoms with Gasteiger partial charge in [0, 0.05) is 24.7 Å². The summed E-state index contributed by atoms with van der Waals surface area (Å²) in [6.45, 7) is -0.331. The van der Waals surface area contributed by atoms with Crippen LogP contribution in [0.3, 0.4) is 0 Å². The average Bonchev–Trinajstić information content (AvgIpc) is 2.97. The van der Waals surface area contributed by atoms with E-state index in [0.29, 0.717) is 16.7 Å². The van der Waals surface area contributed by atoms with E-state index in [4.69, 9.17) is 4.74 Å². The Bertz CT molecular complexity index is 893. The van der Waals surface area contributed by atoms with E-state index >= 15 is 0 Å². The number of rotatable bonds is 5. The minimum atomic E-state index is -4.28. The number of fused-ring (bicyclic) bond motifs is 1. The van der Waals surface area contributed by atoms with Crippen LogP contribution in [0.1, 0.15) is 6.42 Å².